The number of pyridine rings is 1. The number of aromatic nitrogens is 1. The van der Waals surface area contributed by atoms with E-state index >= 15 is 0 Å². The fourth-order valence-electron chi connectivity index (χ4n) is 1.70. The third-order valence-corrected chi connectivity index (χ3v) is 3.00. The molecule has 2 rings (SSSR count). The minimum atomic E-state index is -0.476. The molecule has 0 aliphatic rings. The number of amides is 2. The van der Waals surface area contributed by atoms with Gasteiger partial charge >= 0.3 is 0 Å². The summed E-state index contributed by atoms with van der Waals surface area (Å²) in [4.78, 5) is 27.9. The smallest absolute Gasteiger partial charge is 0.255 e. The first-order valence-corrected chi connectivity index (χ1v) is 6.99. The van der Waals surface area contributed by atoms with Crippen LogP contribution in [-0.4, -0.2) is 16.8 Å². The Morgan fingerprint density at radius 1 is 0.955 bits per heavy atom. The van der Waals surface area contributed by atoms with Gasteiger partial charge in [-0.15, -0.1) is 0 Å². The van der Waals surface area contributed by atoms with Crippen LogP contribution >= 0.6 is 0 Å². The lowest BCUT2D eigenvalue weighted by molar-refractivity contribution is -0.123. The Balaban J connectivity index is 2.09. The van der Waals surface area contributed by atoms with E-state index in [1.54, 1.807) is 48.8 Å². The number of hydrogen-bond acceptors (Lipinski definition) is 3. The summed E-state index contributed by atoms with van der Waals surface area (Å²) in [6, 6.07) is 10.3. The van der Waals surface area contributed by atoms with E-state index in [4.69, 9.17) is 0 Å². The van der Waals surface area contributed by atoms with Gasteiger partial charge in [0.25, 0.3) is 5.91 Å². The summed E-state index contributed by atoms with van der Waals surface area (Å²) in [7, 11) is 0. The molecule has 0 aliphatic carbocycles. The highest BCUT2D eigenvalue weighted by Crippen LogP contribution is 2.20. The van der Waals surface area contributed by atoms with Crippen molar-refractivity contribution in [1.29, 1.82) is 0 Å². The molecule has 2 aromatic rings. The normalized spacial score (nSPS) is 10.9. The third kappa shape index (κ3) is 4.15. The maximum Gasteiger partial charge on any atom is 0.255 e. The minimum Gasteiger partial charge on any atom is -0.326 e. The van der Waals surface area contributed by atoms with Crippen molar-refractivity contribution in [2.75, 3.05) is 10.6 Å². The fraction of sp³-hybridized carbons (Fsp3) is 0.235. The molecule has 0 saturated heterocycles. The van der Waals surface area contributed by atoms with Crippen molar-refractivity contribution < 1.29 is 9.59 Å². The second-order valence-electron chi connectivity index (χ2n) is 5.97. The Bertz CT molecular complexity index is 676. The van der Waals surface area contributed by atoms with Gasteiger partial charge < -0.3 is 10.6 Å². The van der Waals surface area contributed by atoms with Crippen molar-refractivity contribution in [1.82, 2.24) is 4.98 Å². The zero-order chi connectivity index (χ0) is 16.2. The van der Waals surface area contributed by atoms with Crippen LogP contribution in [0.5, 0.6) is 0 Å². The molecular weight excluding hydrogens is 278 g/mol. The molecule has 0 fully saturated rings. The molecule has 1 aromatic carbocycles. The molecule has 0 unspecified atom stereocenters. The SMILES string of the molecule is CC(C)(C)C(=O)Nc1cccc(NC(=O)c2ccncc2)c1. The lowest BCUT2D eigenvalue weighted by Gasteiger charge is -2.18. The number of hydrogen-bond donors (Lipinski definition) is 2. The molecule has 0 aliphatic heterocycles. The predicted octanol–water partition coefficient (Wildman–Crippen LogP) is 3.32. The molecule has 1 heterocycles. The van der Waals surface area contributed by atoms with Gasteiger partial charge in [0.15, 0.2) is 0 Å². The number of carbonyl (C=O) groups excluding carboxylic acids is 2. The Morgan fingerprint density at radius 2 is 1.55 bits per heavy atom. The van der Waals surface area contributed by atoms with Gasteiger partial charge in [-0.3, -0.25) is 14.6 Å². The summed E-state index contributed by atoms with van der Waals surface area (Å²) in [6.07, 6.45) is 3.13. The molecule has 0 bridgehead atoms. The zero-order valence-corrected chi connectivity index (χ0v) is 12.9. The number of rotatable bonds is 3. The first-order valence-electron chi connectivity index (χ1n) is 6.99. The summed E-state index contributed by atoms with van der Waals surface area (Å²) in [5.41, 5.74) is 1.32. The maximum atomic E-state index is 12.1. The molecule has 2 amide bonds. The van der Waals surface area contributed by atoms with Gasteiger partial charge in [-0.25, -0.2) is 0 Å². The first-order chi connectivity index (χ1) is 10.4. The van der Waals surface area contributed by atoms with Gasteiger partial charge in [0.05, 0.1) is 0 Å². The van der Waals surface area contributed by atoms with Crippen molar-refractivity contribution in [3.05, 3.63) is 54.4 Å². The van der Waals surface area contributed by atoms with Crippen LogP contribution < -0.4 is 10.6 Å². The molecule has 5 heteroatoms. The molecule has 0 saturated carbocycles. The molecule has 5 nitrogen and oxygen atoms in total. The fourth-order valence-corrected chi connectivity index (χ4v) is 1.70. The third-order valence-electron chi connectivity index (χ3n) is 3.00. The highest BCUT2D eigenvalue weighted by atomic mass is 16.2. The Labute approximate surface area is 129 Å². The number of nitrogens with zero attached hydrogens (tertiary/aromatic N) is 1. The molecule has 0 radical (unpaired) electrons. The lowest BCUT2D eigenvalue weighted by Crippen LogP contribution is -2.27. The predicted molar refractivity (Wildman–Crippen MR) is 86.7 cm³/mol. The van der Waals surface area contributed by atoms with Crippen LogP contribution in [0.25, 0.3) is 0 Å². The molecule has 2 N–H and O–H groups in total. The zero-order valence-electron chi connectivity index (χ0n) is 12.9. The van der Waals surface area contributed by atoms with Crippen LogP contribution in [0, 0.1) is 5.41 Å². The van der Waals surface area contributed by atoms with Gasteiger partial charge in [-0.1, -0.05) is 26.8 Å². The van der Waals surface area contributed by atoms with Gasteiger partial charge in [-0.05, 0) is 30.3 Å². The Kier molecular flexibility index (Phi) is 4.56. The first kappa shape index (κ1) is 15.7. The molecule has 114 valence electrons. The van der Waals surface area contributed by atoms with Crippen molar-refractivity contribution in [3.63, 3.8) is 0 Å². The molecule has 0 atom stereocenters. The largest absolute Gasteiger partial charge is 0.326 e. The maximum absolute atomic E-state index is 12.1. The average Bonchev–Trinajstić information content (AvgIpc) is 2.47. The summed E-state index contributed by atoms with van der Waals surface area (Å²) in [5.74, 6) is -0.299. The number of nitrogens with one attached hydrogen (secondary N) is 2. The van der Waals surface area contributed by atoms with Crippen molar-refractivity contribution in [2.24, 2.45) is 5.41 Å². The van der Waals surface area contributed by atoms with E-state index in [9.17, 15) is 9.59 Å². The van der Waals surface area contributed by atoms with E-state index in [-0.39, 0.29) is 11.8 Å². The van der Waals surface area contributed by atoms with E-state index in [0.29, 0.717) is 16.9 Å². The number of carbonyl (C=O) groups is 2. The second kappa shape index (κ2) is 6.39. The van der Waals surface area contributed by atoms with Gasteiger partial charge in [-0.2, -0.15) is 0 Å². The molecular formula is C17H19N3O2. The molecule has 1 aromatic heterocycles. The highest BCUT2D eigenvalue weighted by Gasteiger charge is 2.21. The van der Waals surface area contributed by atoms with Crippen LogP contribution in [-0.2, 0) is 4.79 Å². The second-order valence-corrected chi connectivity index (χ2v) is 5.97. The monoisotopic (exact) mass is 297 g/mol. The van der Waals surface area contributed by atoms with Gasteiger partial charge in [0.2, 0.25) is 5.91 Å². The van der Waals surface area contributed by atoms with Crippen LogP contribution in [0.15, 0.2) is 48.8 Å². The van der Waals surface area contributed by atoms with Gasteiger partial charge in [0, 0.05) is 34.7 Å². The number of benzene rings is 1. The standard InChI is InChI=1S/C17H19N3O2/c1-17(2,3)16(22)20-14-6-4-5-13(11-14)19-15(21)12-7-9-18-10-8-12/h4-11H,1-3H3,(H,19,21)(H,20,22). The van der Waals surface area contributed by atoms with Crippen LogP contribution in [0.1, 0.15) is 31.1 Å². The van der Waals surface area contributed by atoms with Crippen LogP contribution in [0.2, 0.25) is 0 Å². The molecule has 22 heavy (non-hydrogen) atoms. The van der Waals surface area contributed by atoms with E-state index in [0.717, 1.165) is 0 Å². The average molecular weight is 297 g/mol. The quantitative estimate of drug-likeness (QED) is 0.913. The van der Waals surface area contributed by atoms with E-state index in [1.165, 1.54) is 0 Å². The summed E-state index contributed by atoms with van der Waals surface area (Å²) < 4.78 is 0. The van der Waals surface area contributed by atoms with Crippen LogP contribution in [0.3, 0.4) is 0 Å². The van der Waals surface area contributed by atoms with Gasteiger partial charge in [0.1, 0.15) is 0 Å². The minimum absolute atomic E-state index is 0.0786. The highest BCUT2D eigenvalue weighted by molar-refractivity contribution is 6.04. The van der Waals surface area contributed by atoms with Crippen molar-refractivity contribution >= 4 is 23.2 Å². The van der Waals surface area contributed by atoms with E-state index in [1.807, 2.05) is 20.8 Å². The Morgan fingerprint density at radius 3 is 2.14 bits per heavy atom. The lowest BCUT2D eigenvalue weighted by atomic mass is 9.95. The van der Waals surface area contributed by atoms with Crippen molar-refractivity contribution in [3.8, 4) is 0 Å². The van der Waals surface area contributed by atoms with Crippen molar-refractivity contribution in [2.45, 2.75) is 20.8 Å². The van der Waals surface area contributed by atoms with E-state index in [2.05, 4.69) is 15.6 Å². The van der Waals surface area contributed by atoms with E-state index < -0.39 is 5.41 Å². The number of anilines is 2. The summed E-state index contributed by atoms with van der Waals surface area (Å²) in [6.45, 7) is 5.53. The summed E-state index contributed by atoms with van der Waals surface area (Å²) in [5, 5.41) is 5.63. The summed E-state index contributed by atoms with van der Waals surface area (Å²) >= 11 is 0. The topological polar surface area (TPSA) is 71.1 Å². The Hall–Kier alpha value is -2.69. The molecule has 0 spiro atoms. The van der Waals surface area contributed by atoms with Crippen LogP contribution in [0.4, 0.5) is 11.4 Å².